The number of aromatic nitrogens is 3. The van der Waals surface area contributed by atoms with Crippen LogP contribution >= 0.6 is 11.6 Å². The zero-order valence-electron chi connectivity index (χ0n) is 13.6. The van der Waals surface area contributed by atoms with Gasteiger partial charge in [-0.3, -0.25) is 0 Å². The number of hydrogen-bond acceptors (Lipinski definition) is 2. The highest BCUT2D eigenvalue weighted by atomic mass is 35.5. The zero-order valence-corrected chi connectivity index (χ0v) is 14.3. The number of nitrogens with zero attached hydrogens (tertiary/aromatic N) is 3. The Morgan fingerprint density at radius 3 is 2.62 bits per heavy atom. The lowest BCUT2D eigenvalue weighted by Crippen LogP contribution is -2.14. The summed E-state index contributed by atoms with van der Waals surface area (Å²) in [6.07, 6.45) is 4.97. The van der Waals surface area contributed by atoms with E-state index in [1.807, 2.05) is 26.0 Å². The third-order valence-corrected chi connectivity index (χ3v) is 4.30. The summed E-state index contributed by atoms with van der Waals surface area (Å²) in [7, 11) is 0. The monoisotopic (exact) mass is 307 g/mol. The molecule has 2 unspecified atom stereocenters. The number of aryl methyl sites for hydroxylation is 1. The van der Waals surface area contributed by atoms with Crippen molar-refractivity contribution < 1.29 is 0 Å². The lowest BCUT2D eigenvalue weighted by molar-refractivity contribution is 0.388. The van der Waals surface area contributed by atoms with E-state index < -0.39 is 0 Å². The van der Waals surface area contributed by atoms with E-state index in [0.29, 0.717) is 5.92 Å². The molecule has 0 aliphatic heterocycles. The molecular formula is C17H26ClN3. The second-order valence-corrected chi connectivity index (χ2v) is 6.56. The molecule has 0 radical (unpaired) electrons. The fraction of sp³-hybridized carbons (Fsp3) is 0.647. The van der Waals surface area contributed by atoms with E-state index in [9.17, 15) is 0 Å². The SMILES string of the molecule is CCCCC(CC)Cn1c(C(C)Cl)nc2ccc(C)nc21. The molecule has 2 rings (SSSR count). The van der Waals surface area contributed by atoms with Gasteiger partial charge >= 0.3 is 0 Å². The Kier molecular flexibility index (Phi) is 5.63. The highest BCUT2D eigenvalue weighted by Crippen LogP contribution is 2.26. The highest BCUT2D eigenvalue weighted by Gasteiger charge is 2.18. The molecule has 0 N–H and O–H groups in total. The van der Waals surface area contributed by atoms with Crippen LogP contribution in [0, 0.1) is 12.8 Å². The van der Waals surface area contributed by atoms with E-state index in [4.69, 9.17) is 11.6 Å². The number of unbranched alkanes of at least 4 members (excludes halogenated alkanes) is 1. The molecule has 2 heterocycles. The third-order valence-electron chi connectivity index (χ3n) is 4.10. The van der Waals surface area contributed by atoms with Crippen molar-refractivity contribution in [2.24, 2.45) is 5.92 Å². The molecule has 0 saturated heterocycles. The molecule has 21 heavy (non-hydrogen) atoms. The maximum Gasteiger partial charge on any atom is 0.160 e. The van der Waals surface area contributed by atoms with Gasteiger partial charge in [0.05, 0.1) is 5.38 Å². The minimum absolute atomic E-state index is 0.0943. The van der Waals surface area contributed by atoms with Crippen molar-refractivity contribution in [1.29, 1.82) is 0 Å². The Morgan fingerprint density at radius 2 is 2.00 bits per heavy atom. The van der Waals surface area contributed by atoms with Gasteiger partial charge in [0, 0.05) is 12.2 Å². The Bertz CT molecular complexity index is 589. The Morgan fingerprint density at radius 1 is 1.24 bits per heavy atom. The van der Waals surface area contributed by atoms with Crippen molar-refractivity contribution in [1.82, 2.24) is 14.5 Å². The summed E-state index contributed by atoms with van der Waals surface area (Å²) >= 11 is 6.34. The van der Waals surface area contributed by atoms with E-state index >= 15 is 0 Å². The largest absolute Gasteiger partial charge is 0.311 e. The van der Waals surface area contributed by atoms with Crippen LogP contribution in [0.3, 0.4) is 0 Å². The van der Waals surface area contributed by atoms with Crippen molar-refractivity contribution in [2.45, 2.75) is 65.3 Å². The first-order valence-corrected chi connectivity index (χ1v) is 8.48. The summed E-state index contributed by atoms with van der Waals surface area (Å²) in [6, 6.07) is 4.06. The third kappa shape index (κ3) is 3.76. The van der Waals surface area contributed by atoms with Gasteiger partial charge in [-0.2, -0.15) is 0 Å². The highest BCUT2D eigenvalue weighted by molar-refractivity contribution is 6.20. The molecular weight excluding hydrogens is 282 g/mol. The van der Waals surface area contributed by atoms with Gasteiger partial charge in [-0.1, -0.05) is 33.1 Å². The molecule has 4 heteroatoms. The molecule has 2 atom stereocenters. The van der Waals surface area contributed by atoms with Crippen molar-refractivity contribution in [2.75, 3.05) is 0 Å². The summed E-state index contributed by atoms with van der Waals surface area (Å²) in [5, 5.41) is -0.0943. The fourth-order valence-electron chi connectivity index (χ4n) is 2.77. The molecule has 2 aromatic rings. The number of fused-ring (bicyclic) bond motifs is 1. The Labute approximate surface area is 132 Å². The van der Waals surface area contributed by atoms with Gasteiger partial charge in [-0.05, 0) is 38.3 Å². The fourth-order valence-corrected chi connectivity index (χ4v) is 2.94. The summed E-state index contributed by atoms with van der Waals surface area (Å²) in [5.41, 5.74) is 2.96. The van der Waals surface area contributed by atoms with Crippen LogP contribution in [0.15, 0.2) is 12.1 Å². The number of alkyl halides is 1. The van der Waals surface area contributed by atoms with Crippen molar-refractivity contribution in [3.05, 3.63) is 23.7 Å². The summed E-state index contributed by atoms with van der Waals surface area (Å²) in [5.74, 6) is 1.61. The maximum atomic E-state index is 6.34. The van der Waals surface area contributed by atoms with Crippen molar-refractivity contribution in [3.63, 3.8) is 0 Å². The first kappa shape index (κ1) is 16.3. The minimum Gasteiger partial charge on any atom is -0.311 e. The van der Waals surface area contributed by atoms with Gasteiger partial charge in [0.15, 0.2) is 5.65 Å². The van der Waals surface area contributed by atoms with Crippen molar-refractivity contribution >= 4 is 22.8 Å². The number of halogens is 1. The van der Waals surface area contributed by atoms with E-state index in [-0.39, 0.29) is 5.38 Å². The van der Waals surface area contributed by atoms with E-state index in [0.717, 1.165) is 29.2 Å². The number of hydrogen-bond donors (Lipinski definition) is 0. The molecule has 116 valence electrons. The van der Waals surface area contributed by atoms with Crippen LogP contribution in [0.2, 0.25) is 0 Å². The van der Waals surface area contributed by atoms with Crippen LogP contribution in [0.25, 0.3) is 11.2 Å². The number of rotatable bonds is 7. The van der Waals surface area contributed by atoms with Crippen LogP contribution in [-0.2, 0) is 6.54 Å². The predicted molar refractivity (Wildman–Crippen MR) is 89.8 cm³/mol. The van der Waals surface area contributed by atoms with E-state index in [1.54, 1.807) is 0 Å². The van der Waals surface area contributed by atoms with E-state index in [1.165, 1.54) is 25.7 Å². The minimum atomic E-state index is -0.0943. The first-order chi connectivity index (χ1) is 10.1. The second kappa shape index (κ2) is 7.26. The van der Waals surface area contributed by atoms with Gasteiger partial charge in [0.1, 0.15) is 11.3 Å². The van der Waals surface area contributed by atoms with Crippen LogP contribution in [0.1, 0.15) is 63.3 Å². The normalized spacial score (nSPS) is 14.5. The molecule has 0 bridgehead atoms. The predicted octanol–water partition coefficient (Wildman–Crippen LogP) is 5.26. The molecule has 0 aromatic carbocycles. The first-order valence-electron chi connectivity index (χ1n) is 8.04. The Hall–Kier alpha value is -1.09. The quantitative estimate of drug-likeness (QED) is 0.654. The van der Waals surface area contributed by atoms with Crippen LogP contribution in [0.4, 0.5) is 0 Å². The van der Waals surface area contributed by atoms with Gasteiger partial charge in [0.25, 0.3) is 0 Å². The molecule has 3 nitrogen and oxygen atoms in total. The summed E-state index contributed by atoms with van der Waals surface area (Å²) in [4.78, 5) is 9.38. The van der Waals surface area contributed by atoms with Crippen molar-refractivity contribution in [3.8, 4) is 0 Å². The topological polar surface area (TPSA) is 30.7 Å². The lowest BCUT2D eigenvalue weighted by Gasteiger charge is -2.18. The second-order valence-electron chi connectivity index (χ2n) is 5.91. The summed E-state index contributed by atoms with van der Waals surface area (Å²) < 4.78 is 2.24. The smallest absolute Gasteiger partial charge is 0.160 e. The van der Waals surface area contributed by atoms with Gasteiger partial charge in [-0.25, -0.2) is 9.97 Å². The van der Waals surface area contributed by atoms with E-state index in [2.05, 4.69) is 28.4 Å². The lowest BCUT2D eigenvalue weighted by atomic mass is 9.99. The van der Waals surface area contributed by atoms with Crippen LogP contribution in [0.5, 0.6) is 0 Å². The molecule has 2 aromatic heterocycles. The van der Waals surface area contributed by atoms with Gasteiger partial charge in [-0.15, -0.1) is 11.6 Å². The molecule has 0 saturated carbocycles. The molecule has 0 amide bonds. The molecule has 0 aliphatic rings. The van der Waals surface area contributed by atoms with Crippen LogP contribution in [-0.4, -0.2) is 14.5 Å². The van der Waals surface area contributed by atoms with Gasteiger partial charge in [0.2, 0.25) is 0 Å². The molecule has 0 spiro atoms. The standard InChI is InChI=1S/C17H26ClN3/c1-5-7-8-14(6-2)11-21-16(13(4)18)20-15-10-9-12(3)19-17(15)21/h9-10,13-14H,5-8,11H2,1-4H3. The number of imidazole rings is 1. The van der Waals surface area contributed by atoms with Crippen LogP contribution < -0.4 is 0 Å². The zero-order chi connectivity index (χ0) is 15.4. The molecule has 0 fully saturated rings. The average molecular weight is 308 g/mol. The average Bonchev–Trinajstić information content (AvgIpc) is 2.81. The summed E-state index contributed by atoms with van der Waals surface area (Å²) in [6.45, 7) is 9.49. The van der Waals surface area contributed by atoms with Gasteiger partial charge < -0.3 is 4.57 Å². The molecule has 0 aliphatic carbocycles. The maximum absolute atomic E-state index is 6.34. The Balaban J connectivity index is 2.39. The number of pyridine rings is 1.